The summed E-state index contributed by atoms with van der Waals surface area (Å²) >= 11 is 0. The molecule has 0 spiro atoms. The average molecular weight is 355 g/mol. The predicted octanol–water partition coefficient (Wildman–Crippen LogP) is 4.72. The van der Waals surface area contributed by atoms with Crippen LogP contribution in [-0.4, -0.2) is 32.5 Å². The Bertz CT molecular complexity index is 624. The first-order valence-electron chi connectivity index (χ1n) is 9.60. The highest BCUT2D eigenvalue weighted by Crippen LogP contribution is 2.25. The van der Waals surface area contributed by atoms with Crippen molar-refractivity contribution in [2.24, 2.45) is 0 Å². The number of ether oxygens (including phenoxy) is 3. The van der Waals surface area contributed by atoms with Gasteiger partial charge in [-0.1, -0.05) is 43.7 Å². The lowest BCUT2D eigenvalue weighted by Gasteiger charge is -2.20. The lowest BCUT2D eigenvalue weighted by atomic mass is 10.0. The monoisotopic (exact) mass is 355 g/mol. The van der Waals surface area contributed by atoms with Gasteiger partial charge in [0, 0.05) is 19.2 Å². The van der Waals surface area contributed by atoms with E-state index in [1.807, 2.05) is 42.5 Å². The molecule has 0 aromatic heterocycles. The third kappa shape index (κ3) is 5.84. The van der Waals surface area contributed by atoms with Crippen LogP contribution in [0.3, 0.4) is 0 Å². The molecule has 0 amide bonds. The molecule has 4 nitrogen and oxygen atoms in total. The minimum absolute atomic E-state index is 0.274. The average Bonchev–Trinajstić information content (AvgIpc) is 3.19. The highest BCUT2D eigenvalue weighted by Gasteiger charge is 2.16. The zero-order valence-electron chi connectivity index (χ0n) is 15.5. The Balaban J connectivity index is 1.50. The van der Waals surface area contributed by atoms with Crippen LogP contribution >= 0.6 is 0 Å². The van der Waals surface area contributed by atoms with E-state index in [1.54, 1.807) is 0 Å². The normalized spacial score (nSPS) is 18.0. The van der Waals surface area contributed by atoms with Gasteiger partial charge in [-0.15, -0.1) is 0 Å². The Morgan fingerprint density at radius 1 is 1.08 bits per heavy atom. The second kappa shape index (κ2) is 10.3. The van der Waals surface area contributed by atoms with Crippen molar-refractivity contribution in [3.05, 3.63) is 60.2 Å². The van der Waals surface area contributed by atoms with Crippen LogP contribution in [0.25, 0.3) is 0 Å². The number of benzene rings is 2. The largest absolute Gasteiger partial charge is 0.457 e. The van der Waals surface area contributed by atoms with E-state index in [4.69, 9.17) is 14.2 Å². The molecule has 2 aromatic rings. The molecule has 2 aromatic carbocycles. The molecule has 0 radical (unpaired) electrons. The van der Waals surface area contributed by atoms with Crippen molar-refractivity contribution in [3.8, 4) is 11.5 Å². The van der Waals surface area contributed by atoms with Crippen LogP contribution in [0, 0.1) is 0 Å². The van der Waals surface area contributed by atoms with Crippen molar-refractivity contribution in [1.29, 1.82) is 0 Å². The van der Waals surface area contributed by atoms with E-state index in [9.17, 15) is 0 Å². The molecule has 4 heteroatoms. The van der Waals surface area contributed by atoms with Gasteiger partial charge < -0.3 is 19.5 Å². The summed E-state index contributed by atoms with van der Waals surface area (Å²) < 4.78 is 17.1. The van der Waals surface area contributed by atoms with Gasteiger partial charge in [-0.25, -0.2) is 0 Å². The Kier molecular flexibility index (Phi) is 7.50. The number of rotatable bonds is 10. The molecule has 1 heterocycles. The molecule has 1 saturated heterocycles. The molecule has 26 heavy (non-hydrogen) atoms. The molecule has 1 aliphatic heterocycles. The van der Waals surface area contributed by atoms with Crippen molar-refractivity contribution in [2.75, 3.05) is 26.4 Å². The lowest BCUT2D eigenvalue weighted by molar-refractivity contribution is 0.0434. The van der Waals surface area contributed by atoms with Gasteiger partial charge in [-0.2, -0.15) is 0 Å². The Labute approximate surface area is 156 Å². The zero-order valence-corrected chi connectivity index (χ0v) is 15.5. The first-order valence-corrected chi connectivity index (χ1v) is 9.60. The quantitative estimate of drug-likeness (QED) is 0.626. The molecule has 3 rings (SSSR count). The first kappa shape index (κ1) is 18.9. The second-order valence-electron chi connectivity index (χ2n) is 6.64. The maximum atomic E-state index is 5.88. The van der Waals surface area contributed by atoms with Crippen LogP contribution in [0.2, 0.25) is 0 Å². The van der Waals surface area contributed by atoms with Gasteiger partial charge in [-0.3, -0.25) is 0 Å². The lowest BCUT2D eigenvalue weighted by Crippen LogP contribution is -2.27. The third-order valence-electron chi connectivity index (χ3n) is 4.57. The fourth-order valence-corrected chi connectivity index (χ4v) is 3.17. The summed E-state index contributed by atoms with van der Waals surface area (Å²) in [7, 11) is 0. The van der Waals surface area contributed by atoms with E-state index in [0.29, 0.717) is 6.04 Å². The number of para-hydroxylation sites is 1. The predicted molar refractivity (Wildman–Crippen MR) is 104 cm³/mol. The standard InChI is InChI=1S/C22H29NO3/c1-2-6-22(23-14-16-25-21-13-15-24-17-21)18-9-11-20(12-10-18)26-19-7-4-3-5-8-19/h3-5,7-12,21-23H,2,6,13-17H2,1H3. The highest BCUT2D eigenvalue weighted by atomic mass is 16.5. The molecule has 1 N–H and O–H groups in total. The second-order valence-corrected chi connectivity index (χ2v) is 6.64. The molecule has 0 saturated carbocycles. The molecule has 0 bridgehead atoms. The maximum Gasteiger partial charge on any atom is 0.127 e. The van der Waals surface area contributed by atoms with E-state index < -0.39 is 0 Å². The van der Waals surface area contributed by atoms with Crippen molar-refractivity contribution in [3.63, 3.8) is 0 Å². The van der Waals surface area contributed by atoms with Gasteiger partial charge in [0.2, 0.25) is 0 Å². The van der Waals surface area contributed by atoms with E-state index in [2.05, 4.69) is 24.4 Å². The van der Waals surface area contributed by atoms with Gasteiger partial charge in [0.25, 0.3) is 0 Å². The zero-order chi connectivity index (χ0) is 18.0. The fraction of sp³-hybridized carbons (Fsp3) is 0.455. The van der Waals surface area contributed by atoms with Crippen molar-refractivity contribution in [2.45, 2.75) is 38.3 Å². The molecule has 1 fully saturated rings. The SMILES string of the molecule is CCCC(NCCOC1CCOC1)c1ccc(Oc2ccccc2)cc1. The molecular formula is C22H29NO3. The number of nitrogens with one attached hydrogen (secondary N) is 1. The summed E-state index contributed by atoms with van der Waals surface area (Å²) in [6, 6.07) is 18.6. The number of hydrogen-bond acceptors (Lipinski definition) is 4. The van der Waals surface area contributed by atoms with E-state index in [1.165, 1.54) is 5.56 Å². The fourth-order valence-electron chi connectivity index (χ4n) is 3.17. The van der Waals surface area contributed by atoms with E-state index in [0.717, 1.165) is 57.1 Å². The van der Waals surface area contributed by atoms with Crippen LogP contribution < -0.4 is 10.1 Å². The third-order valence-corrected chi connectivity index (χ3v) is 4.57. The van der Waals surface area contributed by atoms with E-state index in [-0.39, 0.29) is 6.10 Å². The van der Waals surface area contributed by atoms with Crippen molar-refractivity contribution >= 4 is 0 Å². The number of hydrogen-bond donors (Lipinski definition) is 1. The van der Waals surface area contributed by atoms with Crippen LogP contribution in [0.1, 0.15) is 37.8 Å². The van der Waals surface area contributed by atoms with Crippen LogP contribution in [0.4, 0.5) is 0 Å². The van der Waals surface area contributed by atoms with Gasteiger partial charge in [0.05, 0.1) is 19.3 Å². The minimum Gasteiger partial charge on any atom is -0.457 e. The highest BCUT2D eigenvalue weighted by molar-refractivity contribution is 5.33. The molecule has 0 aliphatic carbocycles. The summed E-state index contributed by atoms with van der Waals surface area (Å²) in [4.78, 5) is 0. The Morgan fingerprint density at radius 2 is 1.85 bits per heavy atom. The summed E-state index contributed by atoms with van der Waals surface area (Å²) in [5, 5.41) is 3.62. The first-order chi connectivity index (χ1) is 12.8. The molecule has 140 valence electrons. The van der Waals surface area contributed by atoms with Gasteiger partial charge in [0.1, 0.15) is 11.5 Å². The topological polar surface area (TPSA) is 39.7 Å². The van der Waals surface area contributed by atoms with Gasteiger partial charge in [-0.05, 0) is 42.7 Å². The molecular weight excluding hydrogens is 326 g/mol. The van der Waals surface area contributed by atoms with Crippen molar-refractivity contribution < 1.29 is 14.2 Å². The van der Waals surface area contributed by atoms with Crippen LogP contribution in [0.15, 0.2) is 54.6 Å². The Hall–Kier alpha value is -1.88. The summed E-state index contributed by atoms with van der Waals surface area (Å²) in [6.45, 7) is 5.36. The maximum absolute atomic E-state index is 5.88. The molecule has 2 atom stereocenters. The van der Waals surface area contributed by atoms with Crippen LogP contribution in [0.5, 0.6) is 11.5 Å². The smallest absolute Gasteiger partial charge is 0.127 e. The summed E-state index contributed by atoms with van der Waals surface area (Å²) in [5.74, 6) is 1.72. The molecule has 1 aliphatic rings. The Morgan fingerprint density at radius 3 is 2.54 bits per heavy atom. The summed E-state index contributed by atoms with van der Waals surface area (Å²) in [6.07, 6.45) is 3.53. The van der Waals surface area contributed by atoms with Gasteiger partial charge >= 0.3 is 0 Å². The van der Waals surface area contributed by atoms with Gasteiger partial charge in [0.15, 0.2) is 0 Å². The molecule has 2 unspecified atom stereocenters. The van der Waals surface area contributed by atoms with Crippen molar-refractivity contribution in [1.82, 2.24) is 5.32 Å². The minimum atomic E-state index is 0.274. The summed E-state index contributed by atoms with van der Waals surface area (Å²) in [5.41, 5.74) is 1.29. The van der Waals surface area contributed by atoms with Crippen LogP contribution in [-0.2, 0) is 9.47 Å². The van der Waals surface area contributed by atoms with E-state index >= 15 is 0 Å².